The minimum atomic E-state index is -0.536. The van der Waals surface area contributed by atoms with Gasteiger partial charge in [0.25, 0.3) is 5.56 Å². The van der Waals surface area contributed by atoms with Gasteiger partial charge in [-0.25, -0.2) is 4.52 Å². The Morgan fingerprint density at radius 1 is 1.15 bits per heavy atom. The third kappa shape index (κ3) is 5.83. The van der Waals surface area contributed by atoms with Crippen molar-refractivity contribution in [1.82, 2.24) is 19.2 Å². The summed E-state index contributed by atoms with van der Waals surface area (Å²) in [6, 6.07) is 18.0. The van der Waals surface area contributed by atoms with Crippen molar-refractivity contribution in [3.05, 3.63) is 87.6 Å². The Labute approximate surface area is 241 Å². The molecule has 1 aliphatic carbocycles. The first-order chi connectivity index (χ1) is 19.7. The van der Waals surface area contributed by atoms with Gasteiger partial charge in [0.1, 0.15) is 6.33 Å². The van der Waals surface area contributed by atoms with Crippen LogP contribution in [0.5, 0.6) is 0 Å². The molecule has 8 heteroatoms. The molecule has 2 heterocycles. The molecule has 214 valence electrons. The second kappa shape index (κ2) is 12.0. The maximum Gasteiger partial charge on any atom is 0.259 e. The normalized spacial score (nSPS) is 20.5. The second-order valence-corrected chi connectivity index (χ2v) is 11.6. The van der Waals surface area contributed by atoms with Crippen LogP contribution < -0.4 is 5.56 Å². The van der Waals surface area contributed by atoms with E-state index in [1.54, 1.807) is 6.92 Å². The van der Waals surface area contributed by atoms with E-state index in [1.165, 1.54) is 6.33 Å². The van der Waals surface area contributed by atoms with Crippen LogP contribution in [0.3, 0.4) is 0 Å². The zero-order valence-corrected chi connectivity index (χ0v) is 24.4. The lowest BCUT2D eigenvalue weighted by Crippen LogP contribution is -2.42. The molecular weight excluding hydrogens is 514 g/mol. The molecule has 2 unspecified atom stereocenters. The van der Waals surface area contributed by atoms with Crippen molar-refractivity contribution in [3.63, 3.8) is 0 Å². The summed E-state index contributed by atoms with van der Waals surface area (Å²) in [5.41, 5.74) is 4.87. The van der Waals surface area contributed by atoms with E-state index < -0.39 is 6.10 Å². The Hall–Kier alpha value is -3.80. The van der Waals surface area contributed by atoms with Crippen molar-refractivity contribution >= 4 is 5.78 Å². The van der Waals surface area contributed by atoms with Crippen LogP contribution in [0.15, 0.2) is 59.7 Å². The lowest BCUT2D eigenvalue weighted by molar-refractivity contribution is -0.133. The highest BCUT2D eigenvalue weighted by atomic mass is 16.5. The van der Waals surface area contributed by atoms with E-state index in [4.69, 9.17) is 4.74 Å². The third-order valence-corrected chi connectivity index (χ3v) is 8.53. The average molecular weight is 554 g/mol. The van der Waals surface area contributed by atoms with Gasteiger partial charge in [-0.15, -0.1) is 0 Å². The number of aliphatic hydroxyl groups is 1. The van der Waals surface area contributed by atoms with Gasteiger partial charge in [-0.3, -0.25) is 9.36 Å². The summed E-state index contributed by atoms with van der Waals surface area (Å²) >= 11 is 0. The number of hydrogen-bond acceptors (Lipinski definition) is 6. The topological polar surface area (TPSA) is 105 Å². The monoisotopic (exact) mass is 553 g/mol. The maximum absolute atomic E-state index is 14.3. The first-order valence-corrected chi connectivity index (χ1v) is 14.6. The van der Waals surface area contributed by atoms with E-state index in [2.05, 4.69) is 30.0 Å². The summed E-state index contributed by atoms with van der Waals surface area (Å²) < 4.78 is 9.97. The van der Waals surface area contributed by atoms with Crippen molar-refractivity contribution < 1.29 is 9.84 Å². The fourth-order valence-corrected chi connectivity index (χ4v) is 6.05. The fourth-order valence-electron chi connectivity index (χ4n) is 6.05. The van der Waals surface area contributed by atoms with Crippen molar-refractivity contribution in [3.8, 4) is 17.2 Å². The van der Waals surface area contributed by atoms with Gasteiger partial charge in [0.05, 0.1) is 35.1 Å². The summed E-state index contributed by atoms with van der Waals surface area (Å²) in [6.07, 6.45) is 6.00. The fraction of sp³-hybridized carbons (Fsp3) is 0.455. The van der Waals surface area contributed by atoms with E-state index >= 15 is 0 Å². The van der Waals surface area contributed by atoms with Gasteiger partial charge < -0.3 is 9.84 Å². The molecule has 0 bridgehead atoms. The predicted octanol–water partition coefficient (Wildman–Crippen LogP) is 5.63. The molecule has 8 nitrogen and oxygen atoms in total. The van der Waals surface area contributed by atoms with Crippen LogP contribution in [0, 0.1) is 11.3 Å². The van der Waals surface area contributed by atoms with Crippen LogP contribution in [0.1, 0.15) is 88.2 Å². The number of aliphatic hydroxyl groups excluding tert-OH is 1. The molecule has 1 fully saturated rings. The summed E-state index contributed by atoms with van der Waals surface area (Å²) in [6.45, 7) is 7.86. The smallest absolute Gasteiger partial charge is 0.259 e. The lowest BCUT2D eigenvalue weighted by Gasteiger charge is -2.40. The summed E-state index contributed by atoms with van der Waals surface area (Å²) in [5, 5.41) is 24.0. The molecule has 0 radical (unpaired) electrons. The number of hydrogen-bond donors (Lipinski definition) is 1. The van der Waals surface area contributed by atoms with Crippen LogP contribution in [0.4, 0.5) is 0 Å². The number of nitriles is 1. The van der Waals surface area contributed by atoms with Crippen LogP contribution in [0.2, 0.25) is 0 Å². The highest BCUT2D eigenvalue weighted by Crippen LogP contribution is 2.38. The highest BCUT2D eigenvalue weighted by molar-refractivity contribution is 5.70. The van der Waals surface area contributed by atoms with Crippen LogP contribution in [-0.4, -0.2) is 42.1 Å². The van der Waals surface area contributed by atoms with E-state index in [9.17, 15) is 15.2 Å². The Morgan fingerprint density at radius 2 is 1.85 bits per heavy atom. The molecule has 5 rings (SSSR count). The summed E-state index contributed by atoms with van der Waals surface area (Å²) in [7, 11) is 0. The van der Waals surface area contributed by atoms with Gasteiger partial charge in [0.2, 0.25) is 5.78 Å². The van der Waals surface area contributed by atoms with Gasteiger partial charge in [-0.05, 0) is 75.6 Å². The van der Waals surface area contributed by atoms with Gasteiger partial charge in [0.15, 0.2) is 0 Å². The molecule has 0 amide bonds. The van der Waals surface area contributed by atoms with E-state index in [0.29, 0.717) is 17.8 Å². The second-order valence-electron chi connectivity index (χ2n) is 11.6. The number of benzene rings is 2. The number of ether oxygens (including phenoxy) is 1. The number of rotatable bonds is 9. The molecular formula is C33H39N5O3. The summed E-state index contributed by atoms with van der Waals surface area (Å²) in [5.74, 6) is 0.595. The molecule has 1 aliphatic rings. The standard InChI is InChI=1S/C33H39N5O3/c1-5-8-30-29(19-24-11-13-25(14-12-24)28-10-7-6-9-26(28)20-34)31(40)37(32-35-21-36-38(30)32)27-15-17-33(4,18-16-27)41-23(3)22(2)39/h6-7,9-14,21-23,27,39H,5,8,15-19H2,1-4H3/t22?,23?,27-,33-. The zero-order chi connectivity index (χ0) is 29.1. The van der Waals surface area contributed by atoms with E-state index in [0.717, 1.165) is 66.5 Å². The predicted molar refractivity (Wildman–Crippen MR) is 159 cm³/mol. The largest absolute Gasteiger partial charge is 0.391 e. The molecule has 0 aliphatic heterocycles. The molecule has 2 aromatic heterocycles. The van der Waals surface area contributed by atoms with Gasteiger partial charge in [-0.2, -0.15) is 15.3 Å². The lowest BCUT2D eigenvalue weighted by atomic mass is 9.83. The Bertz CT molecular complexity index is 1600. The van der Waals surface area contributed by atoms with Crippen LogP contribution >= 0.6 is 0 Å². The van der Waals surface area contributed by atoms with E-state index in [1.807, 2.05) is 64.5 Å². The molecule has 0 spiro atoms. The Balaban J connectivity index is 1.48. The molecule has 1 saturated carbocycles. The molecule has 0 saturated heterocycles. The Kier molecular flexibility index (Phi) is 8.39. The number of aromatic nitrogens is 4. The molecule has 2 atom stereocenters. The van der Waals surface area contributed by atoms with Gasteiger partial charge in [0, 0.05) is 18.0 Å². The molecule has 41 heavy (non-hydrogen) atoms. The average Bonchev–Trinajstić information content (AvgIpc) is 3.45. The third-order valence-electron chi connectivity index (χ3n) is 8.53. The minimum absolute atomic E-state index is 0.000257. The SMILES string of the molecule is CCCc1c(Cc2ccc(-c3ccccc3C#N)cc2)c(=O)n([C@H]2CC[C@](C)(OC(C)C(C)O)CC2)c2ncnn12. The first kappa shape index (κ1) is 28.7. The molecule has 1 N–H and O–H groups in total. The first-order valence-electron chi connectivity index (χ1n) is 14.6. The minimum Gasteiger partial charge on any atom is -0.391 e. The van der Waals surface area contributed by atoms with Gasteiger partial charge in [-0.1, -0.05) is 55.8 Å². The number of aryl methyl sites for hydroxylation is 1. The number of fused-ring (bicyclic) bond motifs is 1. The van der Waals surface area contributed by atoms with E-state index in [-0.39, 0.29) is 23.3 Å². The maximum atomic E-state index is 14.3. The van der Waals surface area contributed by atoms with Crippen molar-refractivity contribution in [2.45, 2.75) is 96.5 Å². The van der Waals surface area contributed by atoms with Crippen LogP contribution in [0.25, 0.3) is 16.9 Å². The van der Waals surface area contributed by atoms with Crippen molar-refractivity contribution in [2.24, 2.45) is 0 Å². The Morgan fingerprint density at radius 3 is 2.51 bits per heavy atom. The quantitative estimate of drug-likeness (QED) is 0.288. The van der Waals surface area contributed by atoms with Gasteiger partial charge >= 0.3 is 0 Å². The summed E-state index contributed by atoms with van der Waals surface area (Å²) in [4.78, 5) is 18.8. The van der Waals surface area contributed by atoms with Crippen LogP contribution in [-0.2, 0) is 17.6 Å². The molecule has 2 aromatic carbocycles. The highest BCUT2D eigenvalue weighted by Gasteiger charge is 2.36. The van der Waals surface area contributed by atoms with Crippen molar-refractivity contribution in [1.29, 1.82) is 5.26 Å². The molecule has 4 aromatic rings. The number of nitrogens with zero attached hydrogens (tertiary/aromatic N) is 5. The zero-order valence-electron chi connectivity index (χ0n) is 24.4. The van der Waals surface area contributed by atoms with Crippen molar-refractivity contribution in [2.75, 3.05) is 0 Å².